The van der Waals surface area contributed by atoms with Gasteiger partial charge in [-0.2, -0.15) is 0 Å². The van der Waals surface area contributed by atoms with Crippen molar-refractivity contribution in [3.05, 3.63) is 70.2 Å². The molecule has 0 aromatic heterocycles. The first-order chi connectivity index (χ1) is 9.27. The lowest BCUT2D eigenvalue weighted by Crippen LogP contribution is -2.22. The van der Waals surface area contributed by atoms with E-state index in [1.165, 1.54) is 11.1 Å². The average Bonchev–Trinajstić information content (AvgIpc) is 2.82. The number of benzene rings is 2. The molecule has 0 bridgehead atoms. The maximum Gasteiger partial charge on any atom is 0.138 e. The molecule has 2 aromatic carbocycles. The summed E-state index contributed by atoms with van der Waals surface area (Å²) in [5.74, 6) is 0. The van der Waals surface area contributed by atoms with Crippen LogP contribution in [0, 0.1) is 0 Å². The Labute approximate surface area is 122 Å². The van der Waals surface area contributed by atoms with Gasteiger partial charge in [0.1, 0.15) is 6.23 Å². The Bertz CT molecular complexity index is 558. The van der Waals surface area contributed by atoms with Crippen molar-refractivity contribution >= 4 is 15.9 Å². The van der Waals surface area contributed by atoms with Crippen LogP contribution in [0.15, 0.2) is 59.1 Å². The van der Waals surface area contributed by atoms with E-state index in [9.17, 15) is 0 Å². The first-order valence-electron chi connectivity index (χ1n) is 6.40. The highest BCUT2D eigenvalue weighted by atomic mass is 79.9. The number of likely N-dealkylation sites (N-methyl/N-ethyl adjacent to an activating group) is 1. The summed E-state index contributed by atoms with van der Waals surface area (Å²) in [5, 5.41) is 0. The maximum absolute atomic E-state index is 6.00. The second-order valence-electron chi connectivity index (χ2n) is 4.80. The van der Waals surface area contributed by atoms with Crippen LogP contribution in [0.25, 0.3) is 0 Å². The van der Waals surface area contributed by atoms with Crippen LogP contribution in [0.1, 0.15) is 23.4 Å². The van der Waals surface area contributed by atoms with Crippen molar-refractivity contribution in [2.24, 2.45) is 0 Å². The van der Waals surface area contributed by atoms with Crippen LogP contribution in [0.4, 0.5) is 0 Å². The zero-order valence-corrected chi connectivity index (χ0v) is 12.4. The third-order valence-corrected chi connectivity index (χ3v) is 4.35. The van der Waals surface area contributed by atoms with E-state index in [1.807, 2.05) is 18.2 Å². The summed E-state index contributed by atoms with van der Waals surface area (Å²) >= 11 is 3.60. The van der Waals surface area contributed by atoms with Crippen LogP contribution in [-0.2, 0) is 4.74 Å². The highest BCUT2D eigenvalue weighted by Crippen LogP contribution is 2.39. The molecule has 0 spiro atoms. The first kappa shape index (κ1) is 12.9. The smallest absolute Gasteiger partial charge is 0.138 e. The van der Waals surface area contributed by atoms with Crippen LogP contribution in [0.2, 0.25) is 0 Å². The standard InChI is InChI=1S/C16H16BrNO/c1-18-15(12-7-3-2-4-8-12)11-19-16(18)13-9-5-6-10-14(13)17/h2-10,15-16H,11H2,1H3/t15-,16+/m0/s1. The number of rotatable bonds is 2. The van der Waals surface area contributed by atoms with Crippen LogP contribution >= 0.6 is 15.9 Å². The van der Waals surface area contributed by atoms with Crippen molar-refractivity contribution in [1.82, 2.24) is 4.90 Å². The van der Waals surface area contributed by atoms with Gasteiger partial charge in [-0.3, -0.25) is 4.90 Å². The van der Waals surface area contributed by atoms with Gasteiger partial charge in [0.15, 0.2) is 0 Å². The summed E-state index contributed by atoms with van der Waals surface area (Å²) in [5.41, 5.74) is 2.49. The molecule has 1 aliphatic heterocycles. The average molecular weight is 318 g/mol. The molecule has 0 unspecified atom stereocenters. The number of hydrogen-bond donors (Lipinski definition) is 0. The minimum absolute atomic E-state index is 0.0146. The molecule has 1 saturated heterocycles. The molecule has 1 aliphatic rings. The van der Waals surface area contributed by atoms with Crippen LogP contribution < -0.4 is 0 Å². The summed E-state index contributed by atoms with van der Waals surface area (Å²) in [6, 6.07) is 19.1. The molecular weight excluding hydrogens is 302 g/mol. The molecular formula is C16H16BrNO. The Hall–Kier alpha value is -1.16. The Morgan fingerprint density at radius 2 is 1.74 bits per heavy atom. The number of hydrogen-bond acceptors (Lipinski definition) is 2. The minimum Gasteiger partial charge on any atom is -0.357 e. The summed E-state index contributed by atoms with van der Waals surface area (Å²) in [7, 11) is 2.12. The molecule has 98 valence electrons. The zero-order chi connectivity index (χ0) is 13.2. The number of halogens is 1. The highest BCUT2D eigenvalue weighted by molar-refractivity contribution is 9.10. The van der Waals surface area contributed by atoms with E-state index in [1.54, 1.807) is 0 Å². The third-order valence-electron chi connectivity index (χ3n) is 3.63. The minimum atomic E-state index is 0.0146. The maximum atomic E-state index is 6.00. The SMILES string of the molecule is CN1[C@@H](c2ccccc2Br)OC[C@H]1c1ccccc1. The van der Waals surface area contributed by atoms with E-state index < -0.39 is 0 Å². The molecule has 1 heterocycles. The van der Waals surface area contributed by atoms with Gasteiger partial charge in [-0.25, -0.2) is 0 Å². The van der Waals surface area contributed by atoms with Crippen molar-refractivity contribution in [2.45, 2.75) is 12.3 Å². The van der Waals surface area contributed by atoms with Crippen molar-refractivity contribution in [3.63, 3.8) is 0 Å². The molecule has 2 atom stereocenters. The molecule has 0 amide bonds. The monoisotopic (exact) mass is 317 g/mol. The third kappa shape index (κ3) is 2.46. The second-order valence-corrected chi connectivity index (χ2v) is 5.65. The largest absolute Gasteiger partial charge is 0.357 e. The van der Waals surface area contributed by atoms with Gasteiger partial charge in [-0.15, -0.1) is 0 Å². The van der Waals surface area contributed by atoms with Gasteiger partial charge in [0.05, 0.1) is 12.6 Å². The molecule has 3 rings (SSSR count). The molecule has 0 saturated carbocycles. The lowest BCUT2D eigenvalue weighted by Gasteiger charge is -2.24. The van der Waals surface area contributed by atoms with Gasteiger partial charge in [0.2, 0.25) is 0 Å². The molecule has 3 heteroatoms. The Morgan fingerprint density at radius 3 is 2.47 bits per heavy atom. The lowest BCUT2D eigenvalue weighted by atomic mass is 10.1. The molecule has 2 nitrogen and oxygen atoms in total. The van der Waals surface area contributed by atoms with Gasteiger partial charge in [-0.1, -0.05) is 64.5 Å². The Kier molecular flexibility index (Phi) is 3.69. The molecule has 0 aliphatic carbocycles. The second kappa shape index (κ2) is 5.45. The van der Waals surface area contributed by atoms with Gasteiger partial charge >= 0.3 is 0 Å². The highest BCUT2D eigenvalue weighted by Gasteiger charge is 2.34. The fourth-order valence-electron chi connectivity index (χ4n) is 2.57. The summed E-state index contributed by atoms with van der Waals surface area (Å²) < 4.78 is 7.09. The normalized spacial score (nSPS) is 23.7. The van der Waals surface area contributed by atoms with Crippen molar-refractivity contribution in [2.75, 3.05) is 13.7 Å². The van der Waals surface area contributed by atoms with Crippen molar-refractivity contribution in [3.8, 4) is 0 Å². The van der Waals surface area contributed by atoms with Crippen molar-refractivity contribution in [1.29, 1.82) is 0 Å². The Morgan fingerprint density at radius 1 is 1.05 bits per heavy atom. The van der Waals surface area contributed by atoms with E-state index in [4.69, 9.17) is 4.74 Å². The fourth-order valence-corrected chi connectivity index (χ4v) is 3.05. The van der Waals surface area contributed by atoms with Crippen LogP contribution in [0.3, 0.4) is 0 Å². The van der Waals surface area contributed by atoms with Crippen LogP contribution in [-0.4, -0.2) is 18.6 Å². The van der Waals surface area contributed by atoms with E-state index in [0.29, 0.717) is 6.04 Å². The van der Waals surface area contributed by atoms with E-state index in [2.05, 4.69) is 64.3 Å². The quantitative estimate of drug-likeness (QED) is 0.825. The molecule has 2 aromatic rings. The van der Waals surface area contributed by atoms with Gasteiger partial charge in [-0.05, 0) is 18.7 Å². The van der Waals surface area contributed by atoms with Gasteiger partial charge in [0.25, 0.3) is 0 Å². The lowest BCUT2D eigenvalue weighted by molar-refractivity contribution is 0.0427. The van der Waals surface area contributed by atoms with E-state index in [0.717, 1.165) is 11.1 Å². The first-order valence-corrected chi connectivity index (χ1v) is 7.19. The summed E-state index contributed by atoms with van der Waals surface area (Å²) in [6.45, 7) is 0.729. The summed E-state index contributed by atoms with van der Waals surface area (Å²) in [6.07, 6.45) is 0.0146. The van der Waals surface area contributed by atoms with Crippen LogP contribution in [0.5, 0.6) is 0 Å². The molecule has 1 fully saturated rings. The molecule has 19 heavy (non-hydrogen) atoms. The molecule has 0 radical (unpaired) electrons. The fraction of sp³-hybridized carbons (Fsp3) is 0.250. The zero-order valence-electron chi connectivity index (χ0n) is 10.8. The molecule has 0 N–H and O–H groups in total. The number of ether oxygens (including phenoxy) is 1. The van der Waals surface area contributed by atoms with Crippen molar-refractivity contribution < 1.29 is 4.74 Å². The number of nitrogens with zero attached hydrogens (tertiary/aromatic N) is 1. The van der Waals surface area contributed by atoms with Gasteiger partial charge < -0.3 is 4.74 Å². The van der Waals surface area contributed by atoms with E-state index >= 15 is 0 Å². The topological polar surface area (TPSA) is 12.5 Å². The van der Waals surface area contributed by atoms with Gasteiger partial charge in [0, 0.05) is 10.0 Å². The summed E-state index contributed by atoms with van der Waals surface area (Å²) in [4.78, 5) is 2.29. The Balaban J connectivity index is 1.87. The predicted molar refractivity (Wildman–Crippen MR) is 79.8 cm³/mol. The van der Waals surface area contributed by atoms with E-state index in [-0.39, 0.29) is 6.23 Å². The predicted octanol–water partition coefficient (Wildman–Crippen LogP) is 4.15.